The van der Waals surface area contributed by atoms with Gasteiger partial charge in [-0.3, -0.25) is 29.9 Å². The molecule has 8 nitrogen and oxygen atoms in total. The van der Waals surface area contributed by atoms with E-state index in [0.717, 1.165) is 5.69 Å². The van der Waals surface area contributed by atoms with Crippen LogP contribution < -0.4 is 10.9 Å². The second-order valence-corrected chi connectivity index (χ2v) is 7.13. The van der Waals surface area contributed by atoms with Gasteiger partial charge in [0.15, 0.2) is 0 Å². The number of ketones is 1. The monoisotopic (exact) mass is 349 g/mol. The van der Waals surface area contributed by atoms with Crippen molar-refractivity contribution in [3.05, 3.63) is 11.8 Å². The summed E-state index contributed by atoms with van der Waals surface area (Å²) in [7, 11) is 1.76. The molecule has 0 bridgehead atoms. The van der Waals surface area contributed by atoms with E-state index in [-0.39, 0.29) is 5.91 Å². The van der Waals surface area contributed by atoms with Gasteiger partial charge in [0, 0.05) is 25.1 Å². The molecule has 0 spiro atoms. The summed E-state index contributed by atoms with van der Waals surface area (Å²) < 4.78 is 1.61. The maximum absolute atomic E-state index is 12.6. The number of likely N-dealkylation sites (tertiary alicyclic amines) is 1. The highest BCUT2D eigenvalue weighted by molar-refractivity contribution is 6.38. The van der Waals surface area contributed by atoms with Crippen LogP contribution in [0, 0.1) is 12.3 Å². The molecule has 0 radical (unpaired) electrons. The third-order valence-electron chi connectivity index (χ3n) is 4.82. The summed E-state index contributed by atoms with van der Waals surface area (Å²) in [5.41, 5.74) is 5.54. The van der Waals surface area contributed by atoms with Gasteiger partial charge in [0.05, 0.1) is 5.69 Å². The van der Waals surface area contributed by atoms with Crippen LogP contribution in [0.3, 0.4) is 0 Å². The highest BCUT2D eigenvalue weighted by atomic mass is 16.2. The van der Waals surface area contributed by atoms with Crippen LogP contribution in [0.4, 0.5) is 5.82 Å². The molecule has 1 atom stereocenters. The molecule has 8 heteroatoms. The highest BCUT2D eigenvalue weighted by Crippen LogP contribution is 2.25. The van der Waals surface area contributed by atoms with Crippen LogP contribution in [0.15, 0.2) is 6.07 Å². The fraction of sp³-hybridized carbons (Fsp3) is 0.647. The van der Waals surface area contributed by atoms with Crippen molar-refractivity contribution in [2.45, 2.75) is 53.0 Å². The van der Waals surface area contributed by atoms with E-state index >= 15 is 0 Å². The molecular formula is C17H27N5O3. The molecule has 0 aliphatic carbocycles. The summed E-state index contributed by atoms with van der Waals surface area (Å²) in [5, 5.41) is 4.18. The SMILES string of the molecule is CCC(C)(C)C(=O)C(=O)N1CCCC1C(=O)NNc1cc(C)nn1C. The summed E-state index contributed by atoms with van der Waals surface area (Å²) in [5.74, 6) is -0.692. The van der Waals surface area contributed by atoms with Crippen LogP contribution in [-0.2, 0) is 21.4 Å². The molecule has 2 heterocycles. The van der Waals surface area contributed by atoms with Crippen molar-refractivity contribution in [1.82, 2.24) is 20.1 Å². The Hall–Kier alpha value is -2.38. The lowest BCUT2D eigenvalue weighted by Gasteiger charge is -2.27. The van der Waals surface area contributed by atoms with Crippen molar-refractivity contribution in [1.29, 1.82) is 0 Å². The Kier molecular flexibility index (Phi) is 5.49. The minimum Gasteiger partial charge on any atom is -0.324 e. The van der Waals surface area contributed by atoms with Crippen LogP contribution in [0.25, 0.3) is 0 Å². The molecule has 2 rings (SSSR count). The summed E-state index contributed by atoms with van der Waals surface area (Å²) in [6, 6.07) is 1.16. The van der Waals surface area contributed by atoms with Gasteiger partial charge < -0.3 is 4.90 Å². The number of hydrogen-bond acceptors (Lipinski definition) is 5. The predicted molar refractivity (Wildman–Crippen MR) is 93.5 cm³/mol. The summed E-state index contributed by atoms with van der Waals surface area (Å²) in [6.07, 6.45) is 1.82. The van der Waals surface area contributed by atoms with E-state index in [1.165, 1.54) is 4.90 Å². The van der Waals surface area contributed by atoms with Crippen molar-refractivity contribution in [3.8, 4) is 0 Å². The van der Waals surface area contributed by atoms with Crippen molar-refractivity contribution in [2.75, 3.05) is 12.0 Å². The molecule has 25 heavy (non-hydrogen) atoms. The average molecular weight is 349 g/mol. The Balaban J connectivity index is 2.02. The largest absolute Gasteiger partial charge is 0.324 e. The fourth-order valence-corrected chi connectivity index (χ4v) is 2.80. The maximum Gasteiger partial charge on any atom is 0.291 e. The molecular weight excluding hydrogens is 322 g/mol. The van der Waals surface area contributed by atoms with Gasteiger partial charge in [-0.2, -0.15) is 5.10 Å². The minimum absolute atomic E-state index is 0.327. The first-order valence-corrected chi connectivity index (χ1v) is 8.59. The van der Waals surface area contributed by atoms with Crippen molar-refractivity contribution >= 4 is 23.4 Å². The molecule has 0 saturated carbocycles. The number of rotatable bonds is 6. The summed E-state index contributed by atoms with van der Waals surface area (Å²) in [6.45, 7) is 7.66. The normalized spacial score (nSPS) is 17.5. The molecule has 1 aliphatic rings. The van der Waals surface area contributed by atoms with E-state index in [1.54, 1.807) is 31.6 Å². The van der Waals surface area contributed by atoms with Gasteiger partial charge in [-0.1, -0.05) is 20.8 Å². The molecule has 1 fully saturated rings. The zero-order valence-electron chi connectivity index (χ0n) is 15.5. The van der Waals surface area contributed by atoms with Gasteiger partial charge in [-0.15, -0.1) is 0 Å². The molecule has 1 aromatic heterocycles. The smallest absolute Gasteiger partial charge is 0.291 e. The lowest BCUT2D eigenvalue weighted by Crippen LogP contribution is -2.51. The third kappa shape index (κ3) is 4.00. The first kappa shape index (κ1) is 19.0. The van der Waals surface area contributed by atoms with E-state index in [9.17, 15) is 14.4 Å². The van der Waals surface area contributed by atoms with Gasteiger partial charge in [-0.25, -0.2) is 0 Å². The number of nitrogens with one attached hydrogen (secondary N) is 2. The summed E-state index contributed by atoms with van der Waals surface area (Å²) in [4.78, 5) is 38.9. The molecule has 138 valence electrons. The van der Waals surface area contributed by atoms with E-state index in [2.05, 4.69) is 16.0 Å². The molecule has 2 N–H and O–H groups in total. The fourth-order valence-electron chi connectivity index (χ4n) is 2.80. The number of hydrazine groups is 1. The molecule has 2 amide bonds. The Morgan fingerprint density at radius 2 is 2.04 bits per heavy atom. The summed E-state index contributed by atoms with van der Waals surface area (Å²) >= 11 is 0. The first-order chi connectivity index (χ1) is 11.7. The minimum atomic E-state index is -0.717. The Morgan fingerprint density at radius 3 is 2.60 bits per heavy atom. The molecule has 0 aromatic carbocycles. The number of hydrogen-bond donors (Lipinski definition) is 2. The number of Topliss-reactive ketones (excluding diaryl/α,β-unsaturated/α-hetero) is 1. The zero-order chi connectivity index (χ0) is 18.8. The number of aryl methyl sites for hydroxylation is 2. The molecule has 1 saturated heterocycles. The van der Waals surface area contributed by atoms with E-state index in [1.807, 2.05) is 13.8 Å². The Labute approximate surface area is 147 Å². The van der Waals surface area contributed by atoms with E-state index < -0.39 is 23.1 Å². The quantitative estimate of drug-likeness (QED) is 0.594. The standard InChI is InChI=1S/C17H27N5O3/c1-6-17(3,4)14(23)16(25)22-9-7-8-12(22)15(24)19-18-13-10-11(2)20-21(13)5/h10,12,18H,6-9H2,1-5H3,(H,19,24). The van der Waals surface area contributed by atoms with E-state index in [4.69, 9.17) is 0 Å². The molecule has 1 aliphatic heterocycles. The maximum atomic E-state index is 12.6. The van der Waals surface area contributed by atoms with Gasteiger partial charge in [-0.05, 0) is 26.2 Å². The Morgan fingerprint density at radius 1 is 1.36 bits per heavy atom. The van der Waals surface area contributed by atoms with Gasteiger partial charge in [0.25, 0.3) is 11.8 Å². The second-order valence-electron chi connectivity index (χ2n) is 7.13. The molecule has 1 unspecified atom stereocenters. The van der Waals surface area contributed by atoms with Gasteiger partial charge in [0.2, 0.25) is 5.78 Å². The number of carbonyl (C=O) groups excluding carboxylic acids is 3. The number of anilines is 1. The highest BCUT2D eigenvalue weighted by Gasteiger charge is 2.41. The van der Waals surface area contributed by atoms with Crippen LogP contribution in [0.2, 0.25) is 0 Å². The van der Waals surface area contributed by atoms with Crippen molar-refractivity contribution in [2.24, 2.45) is 12.5 Å². The molecule has 1 aromatic rings. The van der Waals surface area contributed by atoms with Gasteiger partial charge in [0.1, 0.15) is 11.9 Å². The lowest BCUT2D eigenvalue weighted by atomic mass is 9.84. The third-order valence-corrected chi connectivity index (χ3v) is 4.82. The van der Waals surface area contributed by atoms with Crippen LogP contribution in [-0.4, -0.2) is 44.9 Å². The van der Waals surface area contributed by atoms with Crippen LogP contribution >= 0.6 is 0 Å². The number of amides is 2. The van der Waals surface area contributed by atoms with Crippen LogP contribution in [0.5, 0.6) is 0 Å². The zero-order valence-corrected chi connectivity index (χ0v) is 15.5. The van der Waals surface area contributed by atoms with Gasteiger partial charge >= 0.3 is 0 Å². The van der Waals surface area contributed by atoms with Crippen LogP contribution in [0.1, 0.15) is 45.7 Å². The number of nitrogens with zero attached hydrogens (tertiary/aromatic N) is 3. The second kappa shape index (κ2) is 7.25. The predicted octanol–water partition coefficient (Wildman–Crippen LogP) is 1.17. The number of carbonyl (C=O) groups is 3. The average Bonchev–Trinajstić information content (AvgIpc) is 3.17. The topological polar surface area (TPSA) is 96.3 Å². The van der Waals surface area contributed by atoms with E-state index in [0.29, 0.717) is 31.6 Å². The lowest BCUT2D eigenvalue weighted by molar-refractivity contribution is -0.151. The van der Waals surface area contributed by atoms with Crippen molar-refractivity contribution < 1.29 is 14.4 Å². The van der Waals surface area contributed by atoms with Crippen molar-refractivity contribution in [3.63, 3.8) is 0 Å². The first-order valence-electron chi connectivity index (χ1n) is 8.59. The Bertz CT molecular complexity index is 680. The number of aromatic nitrogens is 2.